The normalized spacial score (nSPS) is 12.5. The van der Waals surface area contributed by atoms with Crippen molar-refractivity contribution in [1.82, 2.24) is 14.5 Å². The third-order valence-electron chi connectivity index (χ3n) is 3.17. The molecule has 0 amide bonds. The highest BCUT2D eigenvalue weighted by Crippen LogP contribution is 2.29. The average Bonchev–Trinajstić information content (AvgIpc) is 3.10. The van der Waals surface area contributed by atoms with Crippen LogP contribution in [0.1, 0.15) is 18.7 Å². The molecule has 0 saturated heterocycles. The van der Waals surface area contributed by atoms with Crippen molar-refractivity contribution in [3.05, 3.63) is 55.1 Å². The molecule has 5 heteroatoms. The predicted molar refractivity (Wildman–Crippen MR) is 72.4 cm³/mol. The molecule has 3 aromatic rings. The van der Waals surface area contributed by atoms with Crippen LogP contribution in [-0.2, 0) is 0 Å². The zero-order valence-electron chi connectivity index (χ0n) is 10.5. The molecule has 0 aliphatic rings. The molecule has 3 aromatic heterocycles. The number of nitrogen functional groups attached to an aromatic ring is 1. The highest BCUT2D eigenvalue weighted by molar-refractivity contribution is 5.72. The summed E-state index contributed by atoms with van der Waals surface area (Å²) in [5.41, 5.74) is 8.48. The Hall–Kier alpha value is -2.56. The molecule has 96 valence electrons. The summed E-state index contributed by atoms with van der Waals surface area (Å²) >= 11 is 0. The molecule has 0 aromatic carbocycles. The van der Waals surface area contributed by atoms with Crippen molar-refractivity contribution in [3.63, 3.8) is 0 Å². The molecule has 0 fully saturated rings. The van der Waals surface area contributed by atoms with Crippen molar-refractivity contribution in [2.75, 3.05) is 5.73 Å². The molecule has 0 aliphatic carbocycles. The number of anilines is 1. The Morgan fingerprint density at radius 3 is 2.89 bits per heavy atom. The Balaban J connectivity index is 2.06. The van der Waals surface area contributed by atoms with E-state index >= 15 is 0 Å². The van der Waals surface area contributed by atoms with Gasteiger partial charge < -0.3 is 14.7 Å². The van der Waals surface area contributed by atoms with Crippen LogP contribution in [-0.4, -0.2) is 14.5 Å². The van der Waals surface area contributed by atoms with Crippen LogP contribution < -0.4 is 5.73 Å². The first-order valence-electron chi connectivity index (χ1n) is 6.02. The number of hydrogen-bond acceptors (Lipinski definition) is 4. The van der Waals surface area contributed by atoms with Crippen molar-refractivity contribution >= 4 is 5.69 Å². The van der Waals surface area contributed by atoms with Gasteiger partial charge in [0.15, 0.2) is 0 Å². The van der Waals surface area contributed by atoms with Crippen molar-refractivity contribution in [2.24, 2.45) is 0 Å². The van der Waals surface area contributed by atoms with E-state index in [4.69, 9.17) is 10.2 Å². The Bertz CT molecular complexity index is 672. The highest BCUT2D eigenvalue weighted by atomic mass is 16.3. The number of hydrogen-bond donors (Lipinski definition) is 1. The molecule has 0 spiro atoms. The topological polar surface area (TPSA) is 69.9 Å². The molecular formula is C14H14N4O. The predicted octanol–water partition coefficient (Wildman–Crippen LogP) is 2.73. The van der Waals surface area contributed by atoms with Gasteiger partial charge in [-0.2, -0.15) is 0 Å². The van der Waals surface area contributed by atoms with Gasteiger partial charge in [0.05, 0.1) is 30.5 Å². The first-order valence-corrected chi connectivity index (χ1v) is 6.02. The van der Waals surface area contributed by atoms with Crippen LogP contribution in [0.15, 0.2) is 53.8 Å². The van der Waals surface area contributed by atoms with E-state index in [9.17, 15) is 0 Å². The number of aromatic nitrogens is 3. The first-order chi connectivity index (χ1) is 9.27. The SMILES string of the molecule is CC(c1ccco1)n1cncc1-c1cnccc1N. The highest BCUT2D eigenvalue weighted by Gasteiger charge is 2.16. The molecule has 19 heavy (non-hydrogen) atoms. The molecule has 5 nitrogen and oxygen atoms in total. The molecule has 3 rings (SSSR count). The second-order valence-electron chi connectivity index (χ2n) is 4.34. The minimum absolute atomic E-state index is 0.0482. The third-order valence-corrected chi connectivity index (χ3v) is 3.17. The maximum Gasteiger partial charge on any atom is 0.126 e. The van der Waals surface area contributed by atoms with Crippen molar-refractivity contribution < 1.29 is 4.42 Å². The van der Waals surface area contributed by atoms with Gasteiger partial charge >= 0.3 is 0 Å². The summed E-state index contributed by atoms with van der Waals surface area (Å²) in [4.78, 5) is 8.33. The van der Waals surface area contributed by atoms with Gasteiger partial charge in [0, 0.05) is 23.6 Å². The number of imidazole rings is 1. The van der Waals surface area contributed by atoms with E-state index in [2.05, 4.69) is 16.9 Å². The van der Waals surface area contributed by atoms with Gasteiger partial charge in [-0.05, 0) is 25.1 Å². The second kappa shape index (κ2) is 4.61. The molecular weight excluding hydrogens is 240 g/mol. The lowest BCUT2D eigenvalue weighted by atomic mass is 10.1. The molecule has 1 unspecified atom stereocenters. The van der Waals surface area contributed by atoms with Gasteiger partial charge in [-0.15, -0.1) is 0 Å². The summed E-state index contributed by atoms with van der Waals surface area (Å²) in [5, 5.41) is 0. The van der Waals surface area contributed by atoms with E-state index in [1.165, 1.54) is 0 Å². The van der Waals surface area contributed by atoms with Crippen LogP contribution in [0.2, 0.25) is 0 Å². The van der Waals surface area contributed by atoms with Gasteiger partial charge in [0.25, 0.3) is 0 Å². The monoisotopic (exact) mass is 254 g/mol. The Morgan fingerprint density at radius 2 is 2.16 bits per heavy atom. The fourth-order valence-electron chi connectivity index (χ4n) is 2.11. The number of pyridine rings is 1. The van der Waals surface area contributed by atoms with Crippen LogP contribution in [0.4, 0.5) is 5.69 Å². The minimum Gasteiger partial charge on any atom is -0.467 e. The fraction of sp³-hybridized carbons (Fsp3) is 0.143. The van der Waals surface area contributed by atoms with Crippen LogP contribution in [0.25, 0.3) is 11.3 Å². The quantitative estimate of drug-likeness (QED) is 0.780. The van der Waals surface area contributed by atoms with Crippen LogP contribution in [0.5, 0.6) is 0 Å². The summed E-state index contributed by atoms with van der Waals surface area (Å²) in [5.74, 6) is 0.877. The molecule has 0 bridgehead atoms. The van der Waals surface area contributed by atoms with Crippen molar-refractivity contribution in [1.29, 1.82) is 0 Å². The lowest BCUT2D eigenvalue weighted by molar-refractivity contribution is 0.447. The molecule has 1 atom stereocenters. The summed E-state index contributed by atoms with van der Waals surface area (Å²) in [6.45, 7) is 2.05. The van der Waals surface area contributed by atoms with E-state index < -0.39 is 0 Å². The second-order valence-corrected chi connectivity index (χ2v) is 4.34. The number of nitrogens with zero attached hydrogens (tertiary/aromatic N) is 3. The number of furan rings is 1. The standard InChI is InChI=1S/C14H14N4O/c1-10(14-3-2-6-19-14)18-9-17-8-13(18)11-7-16-5-4-12(11)15/h2-10H,1H3,(H2,15,16). The Labute approximate surface area is 110 Å². The van der Waals surface area contributed by atoms with Crippen LogP contribution in [0.3, 0.4) is 0 Å². The zero-order valence-corrected chi connectivity index (χ0v) is 10.5. The molecule has 3 heterocycles. The van der Waals surface area contributed by atoms with Crippen LogP contribution in [0, 0.1) is 0 Å². The fourth-order valence-corrected chi connectivity index (χ4v) is 2.11. The van der Waals surface area contributed by atoms with Gasteiger partial charge in [-0.3, -0.25) is 4.98 Å². The van der Waals surface area contributed by atoms with Crippen molar-refractivity contribution in [2.45, 2.75) is 13.0 Å². The third kappa shape index (κ3) is 1.99. The van der Waals surface area contributed by atoms with E-state index in [0.29, 0.717) is 5.69 Å². The van der Waals surface area contributed by atoms with E-state index in [1.54, 1.807) is 37.2 Å². The first kappa shape index (κ1) is 11.5. The summed E-state index contributed by atoms with van der Waals surface area (Å²) in [7, 11) is 0. The molecule has 0 aliphatic heterocycles. The maximum atomic E-state index is 5.99. The van der Waals surface area contributed by atoms with Gasteiger partial charge in [0.2, 0.25) is 0 Å². The summed E-state index contributed by atoms with van der Waals surface area (Å²) in [6.07, 6.45) is 8.65. The molecule has 0 saturated carbocycles. The lowest BCUT2D eigenvalue weighted by Gasteiger charge is -2.15. The average molecular weight is 254 g/mol. The number of rotatable bonds is 3. The zero-order chi connectivity index (χ0) is 13.2. The van der Waals surface area contributed by atoms with E-state index in [1.807, 2.05) is 16.7 Å². The van der Waals surface area contributed by atoms with Crippen molar-refractivity contribution in [3.8, 4) is 11.3 Å². The Morgan fingerprint density at radius 1 is 1.26 bits per heavy atom. The Kier molecular flexibility index (Phi) is 2.79. The summed E-state index contributed by atoms with van der Waals surface area (Å²) in [6, 6.07) is 5.65. The largest absolute Gasteiger partial charge is 0.467 e. The van der Waals surface area contributed by atoms with Crippen LogP contribution >= 0.6 is 0 Å². The van der Waals surface area contributed by atoms with E-state index in [0.717, 1.165) is 17.0 Å². The maximum absolute atomic E-state index is 5.99. The lowest BCUT2D eigenvalue weighted by Crippen LogP contribution is -2.07. The van der Waals surface area contributed by atoms with Gasteiger partial charge in [0.1, 0.15) is 5.76 Å². The van der Waals surface area contributed by atoms with Gasteiger partial charge in [-0.1, -0.05) is 0 Å². The minimum atomic E-state index is 0.0482. The summed E-state index contributed by atoms with van der Waals surface area (Å²) < 4.78 is 7.46. The smallest absolute Gasteiger partial charge is 0.126 e. The molecule has 2 N–H and O–H groups in total. The number of nitrogens with two attached hydrogens (primary N) is 1. The molecule has 0 radical (unpaired) electrons. The van der Waals surface area contributed by atoms with E-state index in [-0.39, 0.29) is 6.04 Å². The van der Waals surface area contributed by atoms with Gasteiger partial charge in [-0.25, -0.2) is 4.98 Å².